The maximum absolute atomic E-state index is 6.14. The summed E-state index contributed by atoms with van der Waals surface area (Å²) < 4.78 is 10.1. The van der Waals surface area contributed by atoms with Crippen LogP contribution in [0.2, 0.25) is 0 Å². The molecule has 0 unspecified atom stereocenters. The topological polar surface area (TPSA) is 73.0 Å². The van der Waals surface area contributed by atoms with Gasteiger partial charge in [0, 0.05) is 28.8 Å². The number of benzene rings is 2. The van der Waals surface area contributed by atoms with Gasteiger partial charge in [0.05, 0.1) is 17.8 Å². The van der Waals surface area contributed by atoms with E-state index < -0.39 is 0 Å². The van der Waals surface area contributed by atoms with E-state index in [1.54, 1.807) is 12.7 Å². The lowest BCUT2D eigenvalue weighted by molar-refractivity contribution is 0.479. The Morgan fingerprint density at radius 3 is 2.34 bits per heavy atom. The minimum atomic E-state index is -0.138. The molecule has 5 aromatic rings. The van der Waals surface area contributed by atoms with Crippen LogP contribution in [0.3, 0.4) is 0 Å². The van der Waals surface area contributed by atoms with Gasteiger partial charge in [0.25, 0.3) is 0 Å². The highest BCUT2D eigenvalue weighted by Gasteiger charge is 2.42. The third-order valence-electron chi connectivity index (χ3n) is 6.92. The van der Waals surface area contributed by atoms with Gasteiger partial charge in [-0.25, -0.2) is 4.68 Å². The molecule has 2 atom stereocenters. The molecule has 4 heterocycles. The summed E-state index contributed by atoms with van der Waals surface area (Å²) >= 11 is 5.92. The van der Waals surface area contributed by atoms with Gasteiger partial charge in [-0.1, -0.05) is 24.3 Å². The van der Waals surface area contributed by atoms with Gasteiger partial charge in [-0.3, -0.25) is 9.66 Å². The second-order valence-corrected chi connectivity index (χ2v) is 9.72. The van der Waals surface area contributed by atoms with Crippen molar-refractivity contribution in [3.8, 4) is 11.5 Å². The Morgan fingerprint density at radius 1 is 0.895 bits per heavy atom. The summed E-state index contributed by atoms with van der Waals surface area (Å²) in [5, 5.41) is 12.2. The molecule has 190 valence electrons. The SMILES string of the molecule is Cc1ccccc1Oc1ccc(N2C(=S)N[C@H](c3ccccn3)[C@@H]2c2cc(C)n(-n3cnnc3)c2C)cc1. The lowest BCUT2D eigenvalue weighted by atomic mass is 9.96. The van der Waals surface area contributed by atoms with Crippen LogP contribution in [0.5, 0.6) is 11.5 Å². The van der Waals surface area contributed by atoms with Crippen molar-refractivity contribution in [1.82, 2.24) is 29.9 Å². The van der Waals surface area contributed by atoms with Crippen LogP contribution in [0.4, 0.5) is 5.69 Å². The predicted molar refractivity (Wildman–Crippen MR) is 150 cm³/mol. The van der Waals surface area contributed by atoms with E-state index in [0.29, 0.717) is 5.11 Å². The normalized spacial score (nSPS) is 17.0. The zero-order valence-corrected chi connectivity index (χ0v) is 22.1. The van der Waals surface area contributed by atoms with Crippen LogP contribution in [0, 0.1) is 20.8 Å². The second kappa shape index (κ2) is 9.75. The summed E-state index contributed by atoms with van der Waals surface area (Å²) in [6.07, 6.45) is 5.21. The molecular weight excluding hydrogens is 494 g/mol. The Balaban J connectivity index is 1.41. The highest BCUT2D eigenvalue weighted by molar-refractivity contribution is 7.80. The van der Waals surface area contributed by atoms with Crippen LogP contribution in [0.15, 0.2) is 91.6 Å². The zero-order chi connectivity index (χ0) is 26.2. The highest BCUT2D eigenvalue weighted by Crippen LogP contribution is 2.43. The molecule has 0 saturated carbocycles. The number of hydrogen-bond donors (Lipinski definition) is 1. The molecule has 8 nitrogen and oxygen atoms in total. The summed E-state index contributed by atoms with van der Waals surface area (Å²) in [6.45, 7) is 6.22. The van der Waals surface area contributed by atoms with E-state index in [4.69, 9.17) is 17.0 Å². The smallest absolute Gasteiger partial charge is 0.174 e. The number of nitrogens with zero attached hydrogens (tertiary/aromatic N) is 6. The van der Waals surface area contributed by atoms with E-state index in [2.05, 4.69) is 50.0 Å². The Labute approximate surface area is 226 Å². The molecule has 1 N–H and O–H groups in total. The third-order valence-corrected chi connectivity index (χ3v) is 7.24. The van der Waals surface area contributed by atoms with Crippen LogP contribution in [-0.2, 0) is 0 Å². The molecule has 0 spiro atoms. The lowest BCUT2D eigenvalue weighted by Crippen LogP contribution is -2.29. The van der Waals surface area contributed by atoms with Crippen molar-refractivity contribution in [2.45, 2.75) is 32.9 Å². The minimum Gasteiger partial charge on any atom is -0.457 e. The van der Waals surface area contributed by atoms with Crippen molar-refractivity contribution in [3.05, 3.63) is 120 Å². The number of aryl methyl sites for hydroxylation is 2. The fourth-order valence-corrected chi connectivity index (χ4v) is 5.50. The minimum absolute atomic E-state index is 0.128. The van der Waals surface area contributed by atoms with Gasteiger partial charge in [0.15, 0.2) is 5.11 Å². The standard InChI is InChI=1S/C29H27N7OS/c1-19-8-4-5-10-26(19)37-23-13-11-22(12-14-23)35-28(27(33-29(35)38)25-9-6-7-15-30-25)24-16-20(2)36(21(24)3)34-17-31-32-18-34/h4-18,27-28H,1-3H3,(H,33,38)/t27-,28+/m1/s1. The van der Waals surface area contributed by atoms with E-state index in [1.807, 2.05) is 84.5 Å². The summed E-state index contributed by atoms with van der Waals surface area (Å²) in [6, 6.07) is 24.0. The molecule has 1 saturated heterocycles. The third kappa shape index (κ3) is 4.20. The monoisotopic (exact) mass is 521 g/mol. The molecule has 0 amide bonds. The van der Waals surface area contributed by atoms with Crippen LogP contribution < -0.4 is 15.0 Å². The fourth-order valence-electron chi connectivity index (χ4n) is 5.15. The average Bonchev–Trinajstić information content (AvgIpc) is 3.64. The van der Waals surface area contributed by atoms with Crippen molar-refractivity contribution in [3.63, 3.8) is 0 Å². The predicted octanol–water partition coefficient (Wildman–Crippen LogP) is 5.68. The largest absolute Gasteiger partial charge is 0.457 e. The van der Waals surface area contributed by atoms with Crippen LogP contribution in [0.25, 0.3) is 0 Å². The number of hydrogen-bond acceptors (Lipinski definition) is 5. The van der Waals surface area contributed by atoms with Gasteiger partial charge in [-0.2, -0.15) is 0 Å². The Bertz CT molecular complexity index is 1580. The Morgan fingerprint density at radius 2 is 1.63 bits per heavy atom. The molecule has 1 fully saturated rings. The van der Waals surface area contributed by atoms with Gasteiger partial charge in [0.2, 0.25) is 0 Å². The second-order valence-electron chi connectivity index (χ2n) is 9.34. The number of pyridine rings is 1. The average molecular weight is 522 g/mol. The summed E-state index contributed by atoms with van der Waals surface area (Å²) in [5.41, 5.74) is 6.26. The maximum atomic E-state index is 6.14. The van der Waals surface area contributed by atoms with Crippen LogP contribution in [0.1, 0.15) is 40.3 Å². The number of rotatable bonds is 6. The molecular formula is C29H27N7OS. The molecule has 2 aromatic carbocycles. The van der Waals surface area contributed by atoms with E-state index >= 15 is 0 Å². The van der Waals surface area contributed by atoms with Gasteiger partial charge in [0.1, 0.15) is 24.2 Å². The zero-order valence-electron chi connectivity index (χ0n) is 21.3. The van der Waals surface area contributed by atoms with Crippen molar-refractivity contribution < 1.29 is 4.74 Å². The fraction of sp³-hybridized carbons (Fsp3) is 0.172. The molecule has 38 heavy (non-hydrogen) atoms. The van der Waals surface area contributed by atoms with Gasteiger partial charge in [-0.15, -0.1) is 10.2 Å². The lowest BCUT2D eigenvalue weighted by Gasteiger charge is -2.28. The van der Waals surface area contributed by atoms with Crippen molar-refractivity contribution in [2.24, 2.45) is 0 Å². The number of ether oxygens (including phenoxy) is 1. The number of anilines is 1. The van der Waals surface area contributed by atoms with Crippen LogP contribution >= 0.6 is 12.2 Å². The number of para-hydroxylation sites is 1. The molecule has 1 aliphatic rings. The van der Waals surface area contributed by atoms with Crippen molar-refractivity contribution >= 4 is 23.0 Å². The molecule has 9 heteroatoms. The van der Waals surface area contributed by atoms with E-state index in [1.165, 1.54) is 0 Å². The molecule has 0 radical (unpaired) electrons. The maximum Gasteiger partial charge on any atom is 0.174 e. The van der Waals surface area contributed by atoms with E-state index in [-0.39, 0.29) is 12.1 Å². The molecule has 0 aliphatic carbocycles. The highest BCUT2D eigenvalue weighted by atomic mass is 32.1. The summed E-state index contributed by atoms with van der Waals surface area (Å²) in [7, 11) is 0. The van der Waals surface area contributed by atoms with Crippen molar-refractivity contribution in [2.75, 3.05) is 4.90 Å². The molecule has 3 aromatic heterocycles. The van der Waals surface area contributed by atoms with E-state index in [0.717, 1.165) is 45.4 Å². The Kier molecular flexibility index (Phi) is 6.13. The molecule has 0 bridgehead atoms. The first kappa shape index (κ1) is 23.9. The van der Waals surface area contributed by atoms with Gasteiger partial charge < -0.3 is 15.0 Å². The molecule has 1 aliphatic heterocycles. The Hall–Kier alpha value is -4.50. The van der Waals surface area contributed by atoms with Gasteiger partial charge >= 0.3 is 0 Å². The number of aromatic nitrogens is 5. The first-order chi connectivity index (χ1) is 18.5. The number of thiocarbonyl (C=S) groups is 1. The van der Waals surface area contributed by atoms with Crippen LogP contribution in [-0.4, -0.2) is 29.6 Å². The van der Waals surface area contributed by atoms with Gasteiger partial charge in [-0.05, 0) is 87.1 Å². The quantitative estimate of drug-likeness (QED) is 0.288. The summed E-state index contributed by atoms with van der Waals surface area (Å²) in [4.78, 5) is 6.85. The van der Waals surface area contributed by atoms with E-state index in [9.17, 15) is 0 Å². The van der Waals surface area contributed by atoms with Crippen molar-refractivity contribution in [1.29, 1.82) is 0 Å². The molecule has 6 rings (SSSR count). The number of nitrogens with one attached hydrogen (secondary N) is 1. The first-order valence-electron chi connectivity index (χ1n) is 12.4. The summed E-state index contributed by atoms with van der Waals surface area (Å²) in [5.74, 6) is 1.61. The first-order valence-corrected chi connectivity index (χ1v) is 12.8.